The van der Waals surface area contributed by atoms with Crippen molar-refractivity contribution in [3.63, 3.8) is 0 Å². The third-order valence-electron chi connectivity index (χ3n) is 2.56. The van der Waals surface area contributed by atoms with Crippen LogP contribution in [-0.2, 0) is 9.59 Å². The van der Waals surface area contributed by atoms with E-state index in [4.69, 9.17) is 0 Å². The van der Waals surface area contributed by atoms with Gasteiger partial charge >= 0.3 is 0 Å². The monoisotopic (exact) mass is 249 g/mol. The number of hydrogen-bond donors (Lipinski definition) is 3. The van der Waals surface area contributed by atoms with E-state index >= 15 is 0 Å². The zero-order valence-electron chi connectivity index (χ0n) is 9.54. The molecule has 1 atom stereocenters. The van der Waals surface area contributed by atoms with Crippen molar-refractivity contribution in [2.45, 2.75) is 31.7 Å². The summed E-state index contributed by atoms with van der Waals surface area (Å²) in [6.07, 6.45) is 3.48. The predicted molar refractivity (Wildman–Crippen MR) is 64.6 cm³/mol. The fraction of sp³-hybridized carbons (Fsp3) is 0.800. The van der Waals surface area contributed by atoms with Gasteiger partial charge in [0, 0.05) is 20.0 Å². The summed E-state index contributed by atoms with van der Waals surface area (Å²) in [5.41, 5.74) is 0. The van der Waals surface area contributed by atoms with Crippen LogP contribution in [-0.4, -0.2) is 38.0 Å². The third kappa shape index (κ3) is 5.32. The molecule has 0 spiro atoms. The summed E-state index contributed by atoms with van der Waals surface area (Å²) in [5, 5.41) is 8.43. The third-order valence-corrected chi connectivity index (χ3v) is 2.56. The van der Waals surface area contributed by atoms with Gasteiger partial charge in [0.15, 0.2) is 0 Å². The highest BCUT2D eigenvalue weighted by Gasteiger charge is 2.19. The molecule has 0 aliphatic carbocycles. The Kier molecular flexibility index (Phi) is 7.93. The Hall–Kier alpha value is -0.810. The summed E-state index contributed by atoms with van der Waals surface area (Å²) < 4.78 is 0. The molecule has 1 fully saturated rings. The molecule has 3 N–H and O–H groups in total. The second-order valence-corrected chi connectivity index (χ2v) is 3.72. The van der Waals surface area contributed by atoms with Crippen molar-refractivity contribution in [3.05, 3.63) is 0 Å². The second kappa shape index (κ2) is 8.35. The number of piperidine rings is 1. The van der Waals surface area contributed by atoms with E-state index in [9.17, 15) is 9.59 Å². The van der Waals surface area contributed by atoms with Gasteiger partial charge in [-0.05, 0) is 19.4 Å². The molecule has 5 nitrogen and oxygen atoms in total. The van der Waals surface area contributed by atoms with Crippen LogP contribution in [0.25, 0.3) is 0 Å². The molecule has 0 unspecified atom stereocenters. The van der Waals surface area contributed by atoms with E-state index in [0.717, 1.165) is 25.8 Å². The van der Waals surface area contributed by atoms with E-state index in [1.54, 1.807) is 7.05 Å². The molecule has 0 saturated carbocycles. The minimum absolute atomic E-state index is 0. The van der Waals surface area contributed by atoms with Crippen LogP contribution in [0.4, 0.5) is 0 Å². The quantitative estimate of drug-likeness (QED) is 0.647. The van der Waals surface area contributed by atoms with E-state index in [-0.39, 0.29) is 30.3 Å². The van der Waals surface area contributed by atoms with Gasteiger partial charge in [0.2, 0.25) is 11.8 Å². The van der Waals surface area contributed by atoms with E-state index in [0.29, 0.717) is 13.0 Å². The zero-order valence-corrected chi connectivity index (χ0v) is 10.4. The van der Waals surface area contributed by atoms with E-state index in [1.807, 2.05) is 0 Å². The first-order chi connectivity index (χ1) is 7.24. The number of carbonyl (C=O) groups excluding carboxylic acids is 2. The largest absolute Gasteiger partial charge is 0.359 e. The molecule has 0 radical (unpaired) electrons. The lowest BCUT2D eigenvalue weighted by Crippen LogP contribution is -2.47. The lowest BCUT2D eigenvalue weighted by Gasteiger charge is -2.22. The Balaban J connectivity index is 0.00000225. The van der Waals surface area contributed by atoms with Crippen LogP contribution in [0.2, 0.25) is 0 Å². The van der Waals surface area contributed by atoms with Gasteiger partial charge in [0.05, 0.1) is 6.04 Å². The lowest BCUT2D eigenvalue weighted by molar-refractivity contribution is -0.124. The molecule has 1 saturated heterocycles. The molecule has 1 rings (SSSR count). The van der Waals surface area contributed by atoms with Gasteiger partial charge in [-0.1, -0.05) is 6.42 Å². The van der Waals surface area contributed by atoms with Gasteiger partial charge < -0.3 is 16.0 Å². The van der Waals surface area contributed by atoms with Crippen LogP contribution < -0.4 is 16.0 Å². The van der Waals surface area contributed by atoms with Crippen molar-refractivity contribution < 1.29 is 9.59 Å². The normalized spacial score (nSPS) is 19.4. The Morgan fingerprint density at radius 2 is 2.12 bits per heavy atom. The number of nitrogens with one attached hydrogen (secondary N) is 3. The minimum atomic E-state index is -0.0663. The maximum absolute atomic E-state index is 11.6. The van der Waals surface area contributed by atoms with Crippen molar-refractivity contribution >= 4 is 24.2 Å². The van der Waals surface area contributed by atoms with Gasteiger partial charge in [0.25, 0.3) is 0 Å². The van der Waals surface area contributed by atoms with Crippen LogP contribution in [0.3, 0.4) is 0 Å². The summed E-state index contributed by atoms with van der Waals surface area (Å²) in [5.74, 6) is -0.0366. The Morgan fingerprint density at radius 1 is 1.38 bits per heavy atom. The molecule has 0 aromatic carbocycles. The van der Waals surface area contributed by atoms with E-state index in [2.05, 4.69) is 16.0 Å². The molecule has 1 aliphatic heterocycles. The molecule has 0 aromatic heterocycles. The summed E-state index contributed by atoms with van der Waals surface area (Å²) in [4.78, 5) is 22.5. The molecule has 1 aliphatic rings. The Morgan fingerprint density at radius 3 is 2.69 bits per heavy atom. The maximum Gasteiger partial charge on any atom is 0.237 e. The smallest absolute Gasteiger partial charge is 0.237 e. The summed E-state index contributed by atoms with van der Waals surface area (Å²) in [7, 11) is 1.59. The van der Waals surface area contributed by atoms with Crippen LogP contribution in [0.15, 0.2) is 0 Å². The summed E-state index contributed by atoms with van der Waals surface area (Å²) in [6.45, 7) is 1.32. The minimum Gasteiger partial charge on any atom is -0.359 e. The molecule has 16 heavy (non-hydrogen) atoms. The van der Waals surface area contributed by atoms with Gasteiger partial charge in [0.1, 0.15) is 0 Å². The lowest BCUT2D eigenvalue weighted by atomic mass is 10.0. The zero-order chi connectivity index (χ0) is 11.1. The molecular weight excluding hydrogens is 230 g/mol. The van der Waals surface area contributed by atoms with Crippen LogP contribution in [0, 0.1) is 0 Å². The Labute approximate surface area is 102 Å². The molecule has 0 bridgehead atoms. The molecular formula is C10H20ClN3O2. The van der Waals surface area contributed by atoms with Gasteiger partial charge in [-0.2, -0.15) is 0 Å². The fourth-order valence-corrected chi connectivity index (χ4v) is 1.62. The molecule has 1 heterocycles. The fourth-order valence-electron chi connectivity index (χ4n) is 1.62. The number of carbonyl (C=O) groups is 2. The number of amides is 2. The van der Waals surface area contributed by atoms with E-state index < -0.39 is 0 Å². The summed E-state index contributed by atoms with van der Waals surface area (Å²) in [6, 6.07) is -0.0663. The van der Waals surface area contributed by atoms with Crippen molar-refractivity contribution in [2.75, 3.05) is 20.1 Å². The predicted octanol–water partition coefficient (Wildman–Crippen LogP) is -0.197. The highest BCUT2D eigenvalue weighted by molar-refractivity contribution is 5.85. The second-order valence-electron chi connectivity index (χ2n) is 3.72. The van der Waals surface area contributed by atoms with Crippen molar-refractivity contribution in [3.8, 4) is 0 Å². The van der Waals surface area contributed by atoms with Gasteiger partial charge in [-0.3, -0.25) is 9.59 Å². The first-order valence-electron chi connectivity index (χ1n) is 5.45. The first-order valence-corrected chi connectivity index (χ1v) is 5.45. The molecule has 94 valence electrons. The van der Waals surface area contributed by atoms with Crippen molar-refractivity contribution in [2.24, 2.45) is 0 Å². The topological polar surface area (TPSA) is 70.2 Å². The number of halogens is 1. The standard InChI is InChI=1S/C10H19N3O2.ClH/c1-11-9(14)5-7-13-10(15)8-4-2-3-6-12-8;/h8,12H,2-7H2,1H3,(H,11,14)(H,13,15);1H/t8-;/m1./s1. The maximum atomic E-state index is 11.6. The SMILES string of the molecule is CNC(=O)CCNC(=O)[C@H]1CCCCN1.Cl. The van der Waals surface area contributed by atoms with Crippen molar-refractivity contribution in [1.29, 1.82) is 0 Å². The number of rotatable bonds is 4. The average molecular weight is 250 g/mol. The van der Waals surface area contributed by atoms with Crippen molar-refractivity contribution in [1.82, 2.24) is 16.0 Å². The summed E-state index contributed by atoms with van der Waals surface area (Å²) >= 11 is 0. The highest BCUT2D eigenvalue weighted by Crippen LogP contribution is 2.06. The molecule has 0 aromatic rings. The van der Waals surface area contributed by atoms with E-state index in [1.165, 1.54) is 0 Å². The first kappa shape index (κ1) is 15.2. The number of hydrogen-bond acceptors (Lipinski definition) is 3. The van der Waals surface area contributed by atoms with Crippen LogP contribution in [0.1, 0.15) is 25.7 Å². The molecule has 6 heteroatoms. The van der Waals surface area contributed by atoms with Crippen LogP contribution >= 0.6 is 12.4 Å². The Bertz CT molecular complexity index is 230. The molecule has 2 amide bonds. The highest BCUT2D eigenvalue weighted by atomic mass is 35.5. The average Bonchev–Trinajstić information content (AvgIpc) is 2.29. The van der Waals surface area contributed by atoms with Gasteiger partial charge in [-0.25, -0.2) is 0 Å². The van der Waals surface area contributed by atoms with Gasteiger partial charge in [-0.15, -0.1) is 12.4 Å². The van der Waals surface area contributed by atoms with Crippen LogP contribution in [0.5, 0.6) is 0 Å².